The molecule has 1 aromatic carbocycles. The van der Waals surface area contributed by atoms with E-state index in [4.69, 9.17) is 0 Å². The van der Waals surface area contributed by atoms with Crippen molar-refractivity contribution in [2.24, 2.45) is 0 Å². The normalized spacial score (nSPS) is 22.5. The van der Waals surface area contributed by atoms with Crippen LogP contribution in [0.3, 0.4) is 0 Å². The number of nitrogens with one attached hydrogen (secondary N) is 2. The minimum Gasteiger partial charge on any atom is -0.381 e. The number of fused-ring (bicyclic) bond motifs is 1. The van der Waals surface area contributed by atoms with Crippen molar-refractivity contribution in [3.05, 3.63) is 24.3 Å². The van der Waals surface area contributed by atoms with Gasteiger partial charge < -0.3 is 10.6 Å². The number of rotatable bonds is 0. The molecule has 1 fully saturated rings. The van der Waals surface area contributed by atoms with Gasteiger partial charge in [-0.3, -0.25) is 0 Å². The van der Waals surface area contributed by atoms with E-state index in [1.54, 1.807) is 0 Å². The van der Waals surface area contributed by atoms with Gasteiger partial charge in [0.05, 0.1) is 16.9 Å². The highest BCUT2D eigenvalue weighted by Gasteiger charge is 2.39. The molecule has 1 aromatic rings. The summed E-state index contributed by atoms with van der Waals surface area (Å²) in [7, 11) is 0. The monoisotopic (exact) mass is 174 g/mol. The first-order chi connectivity index (χ1) is 6.38. The molecule has 0 atom stereocenters. The summed E-state index contributed by atoms with van der Waals surface area (Å²) in [6.45, 7) is 1.09. The van der Waals surface area contributed by atoms with Crippen LogP contribution in [0.15, 0.2) is 24.3 Å². The Morgan fingerprint density at radius 1 is 1.08 bits per heavy atom. The van der Waals surface area contributed by atoms with Crippen LogP contribution in [-0.4, -0.2) is 12.1 Å². The largest absolute Gasteiger partial charge is 0.381 e. The van der Waals surface area contributed by atoms with Crippen molar-refractivity contribution in [3.63, 3.8) is 0 Å². The van der Waals surface area contributed by atoms with Crippen LogP contribution >= 0.6 is 0 Å². The zero-order chi connectivity index (χ0) is 8.73. The Bertz CT molecular complexity index is 329. The van der Waals surface area contributed by atoms with E-state index in [0.29, 0.717) is 5.54 Å². The second kappa shape index (κ2) is 2.41. The van der Waals surface area contributed by atoms with Gasteiger partial charge >= 0.3 is 0 Å². The van der Waals surface area contributed by atoms with Crippen LogP contribution in [0.5, 0.6) is 0 Å². The Hall–Kier alpha value is -1.18. The van der Waals surface area contributed by atoms with E-state index in [2.05, 4.69) is 34.9 Å². The minimum absolute atomic E-state index is 0.383. The molecule has 68 valence electrons. The summed E-state index contributed by atoms with van der Waals surface area (Å²) in [5, 5.41) is 7.14. The third-order valence-corrected chi connectivity index (χ3v) is 3.25. The molecular formula is C11H14N2. The maximum atomic E-state index is 3.65. The smallest absolute Gasteiger partial charge is 0.0580 e. The van der Waals surface area contributed by atoms with Crippen molar-refractivity contribution in [2.45, 2.75) is 24.8 Å². The van der Waals surface area contributed by atoms with Crippen LogP contribution < -0.4 is 10.6 Å². The van der Waals surface area contributed by atoms with E-state index >= 15 is 0 Å². The molecule has 2 nitrogen and oxygen atoms in total. The van der Waals surface area contributed by atoms with Gasteiger partial charge in [-0.25, -0.2) is 0 Å². The lowest BCUT2D eigenvalue weighted by Crippen LogP contribution is -2.52. The average molecular weight is 174 g/mol. The van der Waals surface area contributed by atoms with Crippen molar-refractivity contribution in [1.82, 2.24) is 0 Å². The van der Waals surface area contributed by atoms with E-state index in [0.717, 1.165) is 6.54 Å². The minimum atomic E-state index is 0.383. The van der Waals surface area contributed by atoms with Gasteiger partial charge in [-0.05, 0) is 31.4 Å². The summed E-state index contributed by atoms with van der Waals surface area (Å²) in [5.41, 5.74) is 2.91. The second-order valence-electron chi connectivity index (χ2n) is 4.16. The van der Waals surface area contributed by atoms with Gasteiger partial charge in [0.1, 0.15) is 0 Å². The number of hydrogen-bond donors (Lipinski definition) is 2. The van der Waals surface area contributed by atoms with Crippen molar-refractivity contribution in [1.29, 1.82) is 0 Å². The molecular weight excluding hydrogens is 160 g/mol. The predicted octanol–water partition coefficient (Wildman–Crippen LogP) is 2.45. The highest BCUT2D eigenvalue weighted by Crippen LogP contribution is 2.40. The lowest BCUT2D eigenvalue weighted by Gasteiger charge is -2.47. The Balaban J connectivity index is 1.94. The van der Waals surface area contributed by atoms with Gasteiger partial charge in [-0.15, -0.1) is 0 Å². The number of anilines is 2. The summed E-state index contributed by atoms with van der Waals surface area (Å²) in [4.78, 5) is 0. The molecule has 1 aliphatic carbocycles. The fraction of sp³-hybridized carbons (Fsp3) is 0.455. The van der Waals surface area contributed by atoms with Crippen LogP contribution in [-0.2, 0) is 0 Å². The standard InChI is InChI=1S/C11H14N2/c1-2-5-10-9(4-1)12-8-11(13-10)6-3-7-11/h1-2,4-5,12-13H,3,6-8H2. The molecule has 2 N–H and O–H groups in total. The van der Waals surface area contributed by atoms with Gasteiger partial charge in [0.2, 0.25) is 0 Å². The second-order valence-corrected chi connectivity index (χ2v) is 4.16. The van der Waals surface area contributed by atoms with Crippen LogP contribution in [0, 0.1) is 0 Å². The number of benzene rings is 1. The predicted molar refractivity (Wildman–Crippen MR) is 55.1 cm³/mol. The Morgan fingerprint density at radius 3 is 2.54 bits per heavy atom. The molecule has 0 saturated heterocycles. The first-order valence-corrected chi connectivity index (χ1v) is 4.99. The van der Waals surface area contributed by atoms with Crippen LogP contribution in [0.2, 0.25) is 0 Å². The highest BCUT2D eigenvalue weighted by atomic mass is 15.1. The zero-order valence-electron chi connectivity index (χ0n) is 7.64. The molecule has 2 heteroatoms. The maximum Gasteiger partial charge on any atom is 0.0580 e. The van der Waals surface area contributed by atoms with Gasteiger partial charge in [-0.2, -0.15) is 0 Å². The Kier molecular flexibility index (Phi) is 1.34. The first kappa shape index (κ1) is 7.25. The molecule has 2 aliphatic rings. The van der Waals surface area contributed by atoms with E-state index in [1.807, 2.05) is 0 Å². The molecule has 0 radical (unpaired) electrons. The highest BCUT2D eigenvalue weighted by molar-refractivity contribution is 5.72. The summed E-state index contributed by atoms with van der Waals surface area (Å²) in [6.07, 6.45) is 4.00. The molecule has 1 spiro atoms. The first-order valence-electron chi connectivity index (χ1n) is 4.99. The molecule has 1 aliphatic heterocycles. The molecule has 3 rings (SSSR count). The lowest BCUT2D eigenvalue weighted by atomic mass is 9.75. The third-order valence-electron chi connectivity index (χ3n) is 3.25. The summed E-state index contributed by atoms with van der Waals surface area (Å²) < 4.78 is 0. The van der Waals surface area contributed by atoms with E-state index in [1.165, 1.54) is 30.6 Å². The van der Waals surface area contributed by atoms with Gasteiger partial charge in [0.15, 0.2) is 0 Å². The summed E-state index contributed by atoms with van der Waals surface area (Å²) >= 11 is 0. The molecule has 0 unspecified atom stereocenters. The Morgan fingerprint density at radius 2 is 1.85 bits per heavy atom. The summed E-state index contributed by atoms with van der Waals surface area (Å²) in [5.74, 6) is 0. The van der Waals surface area contributed by atoms with Gasteiger partial charge in [0, 0.05) is 6.54 Å². The van der Waals surface area contributed by atoms with E-state index < -0.39 is 0 Å². The fourth-order valence-corrected chi connectivity index (χ4v) is 2.25. The molecule has 1 saturated carbocycles. The van der Waals surface area contributed by atoms with Crippen molar-refractivity contribution in [3.8, 4) is 0 Å². The topological polar surface area (TPSA) is 24.1 Å². The molecule has 1 heterocycles. The molecule has 0 aromatic heterocycles. The zero-order valence-corrected chi connectivity index (χ0v) is 7.64. The van der Waals surface area contributed by atoms with Crippen LogP contribution in [0.1, 0.15) is 19.3 Å². The SMILES string of the molecule is c1ccc2c(c1)NCC1(CCC1)N2. The van der Waals surface area contributed by atoms with Crippen LogP contribution in [0.25, 0.3) is 0 Å². The number of para-hydroxylation sites is 2. The Labute approximate surface area is 78.3 Å². The molecule has 0 bridgehead atoms. The summed E-state index contributed by atoms with van der Waals surface area (Å²) in [6, 6.07) is 8.45. The average Bonchev–Trinajstić information content (AvgIpc) is 2.15. The van der Waals surface area contributed by atoms with Crippen molar-refractivity contribution >= 4 is 11.4 Å². The van der Waals surface area contributed by atoms with E-state index in [-0.39, 0.29) is 0 Å². The van der Waals surface area contributed by atoms with Gasteiger partial charge in [0.25, 0.3) is 0 Å². The molecule has 13 heavy (non-hydrogen) atoms. The lowest BCUT2D eigenvalue weighted by molar-refractivity contribution is 0.291. The van der Waals surface area contributed by atoms with Crippen molar-refractivity contribution < 1.29 is 0 Å². The number of hydrogen-bond acceptors (Lipinski definition) is 2. The maximum absolute atomic E-state index is 3.65. The van der Waals surface area contributed by atoms with Crippen molar-refractivity contribution in [2.75, 3.05) is 17.2 Å². The van der Waals surface area contributed by atoms with Crippen LogP contribution in [0.4, 0.5) is 11.4 Å². The molecule has 0 amide bonds. The fourth-order valence-electron chi connectivity index (χ4n) is 2.25. The third kappa shape index (κ3) is 1.01. The van der Waals surface area contributed by atoms with Gasteiger partial charge in [-0.1, -0.05) is 12.1 Å². The quantitative estimate of drug-likeness (QED) is 0.631. The van der Waals surface area contributed by atoms with E-state index in [9.17, 15) is 0 Å².